The predicted octanol–water partition coefficient (Wildman–Crippen LogP) is 0.745. The van der Waals surface area contributed by atoms with Gasteiger partial charge in [0, 0.05) is 50.8 Å². The fourth-order valence-electron chi connectivity index (χ4n) is 3.58. The van der Waals surface area contributed by atoms with Gasteiger partial charge in [-0.15, -0.1) is 0 Å². The van der Waals surface area contributed by atoms with E-state index in [-0.39, 0.29) is 23.5 Å². The first kappa shape index (κ1) is 19.1. The number of carbonyl (C=O) groups excluding carboxylic acids is 2. The Hall–Kier alpha value is -2.68. The third kappa shape index (κ3) is 4.54. The molecule has 2 saturated heterocycles. The Labute approximate surface area is 157 Å². The van der Waals surface area contributed by atoms with Crippen LogP contribution in [0.2, 0.25) is 0 Å². The summed E-state index contributed by atoms with van der Waals surface area (Å²) in [6.07, 6.45) is 1.71. The molecular weight excluding hydrogens is 350 g/mol. The van der Waals surface area contributed by atoms with Crippen LogP contribution in [0.4, 0.5) is 11.4 Å². The zero-order chi connectivity index (χ0) is 19.4. The van der Waals surface area contributed by atoms with Gasteiger partial charge in [-0.25, -0.2) is 0 Å². The molecule has 2 aliphatic heterocycles. The molecule has 9 nitrogen and oxygen atoms in total. The van der Waals surface area contributed by atoms with E-state index in [1.54, 1.807) is 17.0 Å². The van der Waals surface area contributed by atoms with E-state index >= 15 is 0 Å². The molecule has 2 N–H and O–H groups in total. The van der Waals surface area contributed by atoms with Gasteiger partial charge in [0.1, 0.15) is 5.69 Å². The minimum atomic E-state index is -0.450. The summed E-state index contributed by atoms with van der Waals surface area (Å²) in [5.74, 6) is -0.271. The van der Waals surface area contributed by atoms with E-state index in [4.69, 9.17) is 0 Å². The number of hydrogen-bond acceptors (Lipinski definition) is 6. The first-order valence-electron chi connectivity index (χ1n) is 9.26. The number of piperazine rings is 1. The maximum Gasteiger partial charge on any atom is 0.293 e. The van der Waals surface area contributed by atoms with Crippen LogP contribution >= 0.6 is 0 Å². The topological polar surface area (TPSA) is 108 Å². The second kappa shape index (κ2) is 8.34. The normalized spacial score (nSPS) is 18.3. The van der Waals surface area contributed by atoms with E-state index in [2.05, 4.69) is 10.6 Å². The molecular formula is C18H25N5O4. The molecule has 0 atom stereocenters. The summed E-state index contributed by atoms with van der Waals surface area (Å²) < 4.78 is 0. The van der Waals surface area contributed by atoms with Gasteiger partial charge < -0.3 is 20.4 Å². The highest BCUT2D eigenvalue weighted by molar-refractivity contribution is 5.96. The zero-order valence-corrected chi connectivity index (χ0v) is 15.4. The minimum Gasteiger partial charge on any atom is -0.362 e. The highest BCUT2D eigenvalue weighted by Crippen LogP contribution is 2.30. The molecule has 1 aromatic carbocycles. The van der Waals surface area contributed by atoms with Crippen molar-refractivity contribution in [3.63, 3.8) is 0 Å². The van der Waals surface area contributed by atoms with Gasteiger partial charge in [-0.1, -0.05) is 0 Å². The van der Waals surface area contributed by atoms with Gasteiger partial charge in [-0.2, -0.15) is 0 Å². The molecule has 146 valence electrons. The van der Waals surface area contributed by atoms with Crippen LogP contribution in [0, 0.1) is 10.1 Å². The maximum atomic E-state index is 12.5. The van der Waals surface area contributed by atoms with Crippen LogP contribution in [0.15, 0.2) is 18.2 Å². The van der Waals surface area contributed by atoms with E-state index in [9.17, 15) is 19.7 Å². The molecule has 2 aliphatic rings. The number of piperidine rings is 1. The van der Waals surface area contributed by atoms with E-state index < -0.39 is 4.92 Å². The van der Waals surface area contributed by atoms with Crippen LogP contribution in [-0.4, -0.2) is 66.9 Å². The summed E-state index contributed by atoms with van der Waals surface area (Å²) in [7, 11) is 0. The molecule has 0 unspecified atom stereocenters. The molecule has 0 radical (unpaired) electrons. The lowest BCUT2D eigenvalue weighted by molar-refractivity contribution is -0.384. The summed E-state index contributed by atoms with van der Waals surface area (Å²) in [6.45, 7) is 5.36. The van der Waals surface area contributed by atoms with Crippen LogP contribution in [0.3, 0.4) is 0 Å². The molecule has 0 aromatic heterocycles. The number of nitro benzene ring substituents is 1. The summed E-state index contributed by atoms with van der Waals surface area (Å²) in [4.78, 5) is 38.7. The summed E-state index contributed by atoms with van der Waals surface area (Å²) >= 11 is 0. The number of hydrogen-bond donors (Lipinski definition) is 2. The zero-order valence-electron chi connectivity index (χ0n) is 15.4. The molecule has 27 heavy (non-hydrogen) atoms. The average Bonchev–Trinajstić information content (AvgIpc) is 2.68. The van der Waals surface area contributed by atoms with Gasteiger partial charge in [0.25, 0.3) is 11.6 Å². The molecule has 0 spiro atoms. The Bertz CT molecular complexity index is 724. The Kier molecular flexibility index (Phi) is 5.90. The molecule has 9 heteroatoms. The highest BCUT2D eigenvalue weighted by Gasteiger charge is 2.26. The summed E-state index contributed by atoms with van der Waals surface area (Å²) in [6, 6.07) is 4.72. The number of nitrogens with zero attached hydrogens (tertiary/aromatic N) is 3. The maximum absolute atomic E-state index is 12.5. The molecule has 2 amide bonds. The quantitative estimate of drug-likeness (QED) is 0.594. The molecule has 0 bridgehead atoms. The van der Waals surface area contributed by atoms with Crippen molar-refractivity contribution in [3.05, 3.63) is 33.9 Å². The lowest BCUT2D eigenvalue weighted by Crippen LogP contribution is -2.48. The molecule has 2 heterocycles. The average molecular weight is 375 g/mol. The standard InChI is InChI=1S/C18H25N5O4/c1-13(24)21-8-10-22(11-9-21)16-3-2-14(12-17(16)23(26)27)18(25)20-15-4-6-19-7-5-15/h2-3,12,15,19H,4-11H2,1H3,(H,20,25). The van der Waals surface area contributed by atoms with E-state index in [0.717, 1.165) is 25.9 Å². The van der Waals surface area contributed by atoms with E-state index in [0.29, 0.717) is 37.4 Å². The first-order valence-corrected chi connectivity index (χ1v) is 9.26. The van der Waals surface area contributed by atoms with Gasteiger partial charge >= 0.3 is 0 Å². The summed E-state index contributed by atoms with van der Waals surface area (Å²) in [5, 5.41) is 17.8. The Morgan fingerprint density at radius 1 is 1.19 bits per heavy atom. The fraction of sp³-hybridized carbons (Fsp3) is 0.556. The molecule has 1 aromatic rings. The lowest BCUT2D eigenvalue weighted by Gasteiger charge is -2.35. The van der Waals surface area contributed by atoms with Gasteiger partial charge in [0.05, 0.1) is 4.92 Å². The van der Waals surface area contributed by atoms with Crippen molar-refractivity contribution in [2.45, 2.75) is 25.8 Å². The largest absolute Gasteiger partial charge is 0.362 e. The fourth-order valence-corrected chi connectivity index (χ4v) is 3.58. The monoisotopic (exact) mass is 375 g/mol. The van der Waals surface area contributed by atoms with Crippen LogP contribution in [0.5, 0.6) is 0 Å². The van der Waals surface area contributed by atoms with Crippen molar-refractivity contribution in [3.8, 4) is 0 Å². The Balaban J connectivity index is 1.74. The van der Waals surface area contributed by atoms with Crippen molar-refractivity contribution in [2.75, 3.05) is 44.2 Å². The second-order valence-electron chi connectivity index (χ2n) is 6.95. The number of nitro groups is 1. The van der Waals surface area contributed by atoms with Gasteiger partial charge in [-0.05, 0) is 38.1 Å². The van der Waals surface area contributed by atoms with Crippen molar-refractivity contribution in [2.24, 2.45) is 0 Å². The van der Waals surface area contributed by atoms with E-state index in [1.807, 2.05) is 4.90 Å². The van der Waals surface area contributed by atoms with Crippen LogP contribution in [-0.2, 0) is 4.79 Å². The van der Waals surface area contributed by atoms with Crippen LogP contribution in [0.25, 0.3) is 0 Å². The molecule has 3 rings (SSSR count). The highest BCUT2D eigenvalue weighted by atomic mass is 16.6. The summed E-state index contributed by atoms with van der Waals surface area (Å²) in [5.41, 5.74) is 0.706. The molecule has 0 aliphatic carbocycles. The van der Waals surface area contributed by atoms with Crippen molar-refractivity contribution in [1.82, 2.24) is 15.5 Å². The number of carbonyl (C=O) groups is 2. The predicted molar refractivity (Wildman–Crippen MR) is 101 cm³/mol. The Morgan fingerprint density at radius 3 is 2.44 bits per heavy atom. The third-order valence-corrected chi connectivity index (χ3v) is 5.17. The van der Waals surface area contributed by atoms with Gasteiger partial charge in [0.2, 0.25) is 5.91 Å². The number of benzene rings is 1. The number of nitrogens with one attached hydrogen (secondary N) is 2. The first-order chi connectivity index (χ1) is 13.0. The van der Waals surface area contributed by atoms with Crippen molar-refractivity contribution >= 4 is 23.2 Å². The van der Waals surface area contributed by atoms with Crippen LogP contribution < -0.4 is 15.5 Å². The lowest BCUT2D eigenvalue weighted by atomic mass is 10.1. The van der Waals surface area contributed by atoms with Crippen molar-refractivity contribution < 1.29 is 14.5 Å². The molecule has 0 saturated carbocycles. The van der Waals surface area contributed by atoms with Crippen molar-refractivity contribution in [1.29, 1.82) is 0 Å². The Morgan fingerprint density at radius 2 is 1.85 bits per heavy atom. The minimum absolute atomic E-state index is 0.00841. The number of amides is 2. The molecule has 2 fully saturated rings. The van der Waals surface area contributed by atoms with Crippen LogP contribution in [0.1, 0.15) is 30.1 Å². The third-order valence-electron chi connectivity index (χ3n) is 5.17. The second-order valence-corrected chi connectivity index (χ2v) is 6.95. The smallest absolute Gasteiger partial charge is 0.293 e. The number of anilines is 1. The van der Waals surface area contributed by atoms with E-state index in [1.165, 1.54) is 13.0 Å². The SMILES string of the molecule is CC(=O)N1CCN(c2ccc(C(=O)NC3CCNCC3)cc2[N+](=O)[O-])CC1. The number of rotatable bonds is 4. The van der Waals surface area contributed by atoms with Gasteiger partial charge in [-0.3, -0.25) is 19.7 Å². The van der Waals surface area contributed by atoms with Gasteiger partial charge in [0.15, 0.2) is 0 Å².